The van der Waals surface area contributed by atoms with E-state index in [4.69, 9.17) is 23.2 Å². The Hall–Kier alpha value is -1.70. The van der Waals surface area contributed by atoms with Gasteiger partial charge in [-0.25, -0.2) is 13.4 Å². The number of ketones is 1. The first kappa shape index (κ1) is 15.7. The van der Waals surface area contributed by atoms with Crippen molar-refractivity contribution >= 4 is 44.8 Å². The number of aromatic nitrogens is 2. The van der Waals surface area contributed by atoms with Gasteiger partial charge in [-0.05, 0) is 30.7 Å². The van der Waals surface area contributed by atoms with Crippen LogP contribution in [-0.2, 0) is 10.0 Å². The highest BCUT2D eigenvalue weighted by atomic mass is 35.5. The number of anilines is 1. The second-order valence-corrected chi connectivity index (χ2v) is 6.44. The van der Waals surface area contributed by atoms with Crippen LogP contribution in [0.25, 0.3) is 0 Å². The molecule has 1 N–H and O–H groups in total. The predicted molar refractivity (Wildman–Crippen MR) is 79.3 cm³/mol. The normalized spacial score (nSPS) is 11.2. The summed E-state index contributed by atoms with van der Waals surface area (Å²) < 4.78 is 26.7. The van der Waals surface area contributed by atoms with Gasteiger partial charge in [-0.15, -0.1) is 0 Å². The summed E-state index contributed by atoms with van der Waals surface area (Å²) in [6.45, 7) is 1.35. The molecule has 0 spiro atoms. The van der Waals surface area contributed by atoms with Crippen LogP contribution in [0.2, 0.25) is 10.4 Å². The Kier molecular flexibility index (Phi) is 4.46. The molecule has 0 bridgehead atoms. The summed E-state index contributed by atoms with van der Waals surface area (Å²) in [5.41, 5.74) is 0.289. The summed E-state index contributed by atoms with van der Waals surface area (Å²) in [6, 6.07) is 6.86. The van der Waals surface area contributed by atoms with Gasteiger partial charge in [0.1, 0.15) is 11.0 Å². The molecule has 0 fully saturated rings. The van der Waals surface area contributed by atoms with Crippen molar-refractivity contribution in [3.8, 4) is 0 Å². The van der Waals surface area contributed by atoms with E-state index < -0.39 is 10.0 Å². The first-order valence-electron chi connectivity index (χ1n) is 5.62. The number of halogens is 2. The SMILES string of the molecule is CC(=O)c1cccc(S(=O)(=O)Nc2cc(Cl)nc(Cl)n2)c1. The van der Waals surface area contributed by atoms with Crippen molar-refractivity contribution in [1.82, 2.24) is 9.97 Å². The van der Waals surface area contributed by atoms with Crippen molar-refractivity contribution in [3.05, 3.63) is 46.3 Å². The van der Waals surface area contributed by atoms with Gasteiger partial charge in [0.15, 0.2) is 5.78 Å². The number of nitrogens with one attached hydrogen (secondary N) is 1. The Labute approximate surface area is 131 Å². The van der Waals surface area contributed by atoms with Gasteiger partial charge in [0.05, 0.1) is 4.90 Å². The highest BCUT2D eigenvalue weighted by molar-refractivity contribution is 7.92. The highest BCUT2D eigenvalue weighted by Crippen LogP contribution is 2.19. The van der Waals surface area contributed by atoms with Crippen molar-refractivity contribution in [3.63, 3.8) is 0 Å². The number of sulfonamides is 1. The molecule has 0 saturated heterocycles. The van der Waals surface area contributed by atoms with Gasteiger partial charge in [0.25, 0.3) is 10.0 Å². The molecule has 110 valence electrons. The molecule has 1 aromatic carbocycles. The number of benzene rings is 1. The predicted octanol–water partition coefficient (Wildman–Crippen LogP) is 2.79. The Morgan fingerprint density at radius 3 is 2.52 bits per heavy atom. The molecule has 0 saturated carbocycles. The monoisotopic (exact) mass is 345 g/mol. The Morgan fingerprint density at radius 1 is 1.19 bits per heavy atom. The first-order valence-corrected chi connectivity index (χ1v) is 7.86. The third kappa shape index (κ3) is 3.90. The Morgan fingerprint density at radius 2 is 1.90 bits per heavy atom. The van der Waals surface area contributed by atoms with Gasteiger partial charge >= 0.3 is 0 Å². The van der Waals surface area contributed by atoms with E-state index in [-0.39, 0.29) is 32.5 Å². The minimum Gasteiger partial charge on any atom is -0.295 e. The minimum atomic E-state index is -3.91. The molecule has 21 heavy (non-hydrogen) atoms. The summed E-state index contributed by atoms with van der Waals surface area (Å²) in [5.74, 6) is -0.298. The molecule has 0 aliphatic rings. The van der Waals surface area contributed by atoms with E-state index >= 15 is 0 Å². The zero-order valence-electron chi connectivity index (χ0n) is 10.7. The number of carbonyl (C=O) groups excluding carboxylic acids is 1. The van der Waals surface area contributed by atoms with E-state index in [1.807, 2.05) is 0 Å². The Balaban J connectivity index is 2.38. The molecule has 6 nitrogen and oxygen atoms in total. The minimum absolute atomic E-state index is 0.00480. The lowest BCUT2D eigenvalue weighted by molar-refractivity contribution is 0.101. The molecule has 0 unspecified atom stereocenters. The second-order valence-electron chi connectivity index (χ2n) is 4.03. The number of hydrogen-bond donors (Lipinski definition) is 1. The quantitative estimate of drug-likeness (QED) is 0.522. The van der Waals surface area contributed by atoms with Crippen LogP contribution in [0.4, 0.5) is 5.82 Å². The Bertz CT molecular complexity index is 789. The zero-order chi connectivity index (χ0) is 15.6. The molecule has 0 radical (unpaired) electrons. The number of carbonyl (C=O) groups is 1. The topological polar surface area (TPSA) is 89.0 Å². The molecule has 0 aliphatic carbocycles. The van der Waals surface area contributed by atoms with Crippen LogP contribution in [0.5, 0.6) is 0 Å². The number of hydrogen-bond acceptors (Lipinski definition) is 5. The third-order valence-electron chi connectivity index (χ3n) is 2.46. The molecular formula is C12H9Cl2N3O3S. The van der Waals surface area contributed by atoms with Gasteiger partial charge in [0.2, 0.25) is 5.28 Å². The zero-order valence-corrected chi connectivity index (χ0v) is 13.0. The summed E-state index contributed by atoms with van der Waals surface area (Å²) in [6.07, 6.45) is 0. The van der Waals surface area contributed by atoms with Crippen LogP contribution in [0.15, 0.2) is 35.2 Å². The molecule has 0 amide bonds. The molecule has 2 rings (SSSR count). The number of rotatable bonds is 4. The van der Waals surface area contributed by atoms with E-state index in [0.717, 1.165) is 0 Å². The molecule has 1 heterocycles. The van der Waals surface area contributed by atoms with Crippen molar-refractivity contribution in [1.29, 1.82) is 0 Å². The van der Waals surface area contributed by atoms with Crippen LogP contribution in [0.3, 0.4) is 0 Å². The van der Waals surface area contributed by atoms with Crippen molar-refractivity contribution in [2.45, 2.75) is 11.8 Å². The average molecular weight is 346 g/mol. The van der Waals surface area contributed by atoms with E-state index in [2.05, 4.69) is 14.7 Å². The van der Waals surface area contributed by atoms with Crippen LogP contribution in [0.1, 0.15) is 17.3 Å². The fraction of sp³-hybridized carbons (Fsp3) is 0.0833. The van der Waals surface area contributed by atoms with Gasteiger partial charge in [-0.1, -0.05) is 23.7 Å². The summed E-state index contributed by atoms with van der Waals surface area (Å²) in [5, 5.41) is -0.178. The van der Waals surface area contributed by atoms with Crippen molar-refractivity contribution in [2.75, 3.05) is 4.72 Å². The van der Waals surface area contributed by atoms with Crippen molar-refractivity contribution in [2.24, 2.45) is 0 Å². The average Bonchev–Trinajstić information content (AvgIpc) is 2.37. The molecule has 0 aliphatic heterocycles. The van der Waals surface area contributed by atoms with Crippen LogP contribution in [-0.4, -0.2) is 24.2 Å². The highest BCUT2D eigenvalue weighted by Gasteiger charge is 2.17. The van der Waals surface area contributed by atoms with Gasteiger partial charge < -0.3 is 0 Å². The summed E-state index contributed by atoms with van der Waals surface area (Å²) >= 11 is 11.3. The second kappa shape index (κ2) is 5.97. The summed E-state index contributed by atoms with van der Waals surface area (Å²) in [7, 11) is -3.91. The number of Topliss-reactive ketones (excluding diaryl/α,β-unsaturated/α-hetero) is 1. The van der Waals surface area contributed by atoms with Crippen LogP contribution >= 0.6 is 23.2 Å². The third-order valence-corrected chi connectivity index (χ3v) is 4.17. The van der Waals surface area contributed by atoms with E-state index in [1.54, 1.807) is 0 Å². The maximum absolute atomic E-state index is 12.2. The fourth-order valence-corrected chi connectivity index (χ4v) is 2.97. The van der Waals surface area contributed by atoms with Crippen molar-refractivity contribution < 1.29 is 13.2 Å². The first-order chi connectivity index (χ1) is 9.78. The van der Waals surface area contributed by atoms with Crippen LogP contribution < -0.4 is 4.72 Å². The molecular weight excluding hydrogens is 337 g/mol. The lowest BCUT2D eigenvalue weighted by atomic mass is 10.2. The van der Waals surface area contributed by atoms with E-state index in [0.29, 0.717) is 0 Å². The fourth-order valence-electron chi connectivity index (χ4n) is 1.52. The van der Waals surface area contributed by atoms with E-state index in [9.17, 15) is 13.2 Å². The number of nitrogens with zero attached hydrogens (tertiary/aromatic N) is 2. The van der Waals surface area contributed by atoms with Gasteiger partial charge in [-0.2, -0.15) is 4.98 Å². The molecule has 0 atom stereocenters. The lowest BCUT2D eigenvalue weighted by Gasteiger charge is -2.08. The maximum atomic E-state index is 12.2. The molecule has 9 heteroatoms. The molecule has 2 aromatic rings. The van der Waals surface area contributed by atoms with Crippen LogP contribution in [0, 0.1) is 0 Å². The lowest BCUT2D eigenvalue weighted by Crippen LogP contribution is -2.14. The largest absolute Gasteiger partial charge is 0.295 e. The molecule has 1 aromatic heterocycles. The summed E-state index contributed by atoms with van der Waals surface area (Å²) in [4.78, 5) is 18.6. The van der Waals surface area contributed by atoms with Gasteiger partial charge in [-0.3, -0.25) is 9.52 Å². The maximum Gasteiger partial charge on any atom is 0.263 e. The van der Waals surface area contributed by atoms with E-state index in [1.165, 1.54) is 37.3 Å². The standard InChI is InChI=1S/C12H9Cl2N3O3S/c1-7(18)8-3-2-4-9(5-8)21(19,20)17-11-6-10(13)15-12(14)16-11/h2-6H,1H3,(H,15,16,17). The smallest absolute Gasteiger partial charge is 0.263 e. The van der Waals surface area contributed by atoms with Gasteiger partial charge in [0, 0.05) is 11.6 Å².